The summed E-state index contributed by atoms with van der Waals surface area (Å²) < 4.78 is 0. The third kappa shape index (κ3) is 3.45. The Morgan fingerprint density at radius 3 is 3.13 bits per heavy atom. The smallest absolute Gasteiger partial charge is 0.129 e. The van der Waals surface area contributed by atoms with E-state index in [4.69, 9.17) is 11.6 Å². The van der Waals surface area contributed by atoms with E-state index in [0.717, 1.165) is 19.6 Å². The van der Waals surface area contributed by atoms with Crippen molar-refractivity contribution in [1.82, 2.24) is 15.6 Å². The van der Waals surface area contributed by atoms with Crippen LogP contribution in [0.15, 0.2) is 18.3 Å². The van der Waals surface area contributed by atoms with Gasteiger partial charge in [-0.3, -0.25) is 0 Å². The first-order valence-electron chi connectivity index (χ1n) is 5.39. The predicted octanol–water partition coefficient (Wildman–Crippen LogP) is 1.58. The number of aromatic nitrogens is 1. The van der Waals surface area contributed by atoms with Gasteiger partial charge in [0, 0.05) is 25.3 Å². The minimum atomic E-state index is 0.554. The number of rotatable bonds is 3. The molecule has 0 unspecified atom stereocenters. The summed E-state index contributed by atoms with van der Waals surface area (Å²) in [6.45, 7) is 3.10. The van der Waals surface area contributed by atoms with E-state index in [1.165, 1.54) is 18.4 Å². The quantitative estimate of drug-likeness (QED) is 0.767. The van der Waals surface area contributed by atoms with Crippen molar-refractivity contribution in [3.63, 3.8) is 0 Å². The first kappa shape index (κ1) is 10.9. The van der Waals surface area contributed by atoms with Crippen LogP contribution in [0.2, 0.25) is 5.15 Å². The molecule has 1 saturated heterocycles. The van der Waals surface area contributed by atoms with Crippen LogP contribution in [-0.4, -0.2) is 24.1 Å². The number of halogens is 1. The molecular weight excluding hydrogens is 210 g/mol. The van der Waals surface area contributed by atoms with E-state index in [-0.39, 0.29) is 0 Å². The molecule has 1 atom stereocenters. The van der Waals surface area contributed by atoms with Crippen LogP contribution < -0.4 is 10.6 Å². The molecule has 1 aromatic heterocycles. The summed E-state index contributed by atoms with van der Waals surface area (Å²) in [6.07, 6.45) is 4.34. The highest BCUT2D eigenvalue weighted by Gasteiger charge is 2.11. The summed E-state index contributed by atoms with van der Waals surface area (Å²) >= 11 is 5.72. The average molecular weight is 226 g/mol. The molecule has 0 spiro atoms. The molecule has 1 aliphatic heterocycles. The molecule has 0 aromatic carbocycles. The lowest BCUT2D eigenvalue weighted by Gasteiger charge is -2.23. The predicted molar refractivity (Wildman–Crippen MR) is 62.0 cm³/mol. The fraction of sp³-hybridized carbons (Fsp3) is 0.545. The van der Waals surface area contributed by atoms with Crippen molar-refractivity contribution in [2.75, 3.05) is 13.1 Å². The third-order valence-corrected chi connectivity index (χ3v) is 2.90. The van der Waals surface area contributed by atoms with E-state index in [1.54, 1.807) is 0 Å². The molecule has 15 heavy (non-hydrogen) atoms. The second-order valence-electron chi connectivity index (χ2n) is 3.91. The van der Waals surface area contributed by atoms with Gasteiger partial charge in [-0.05, 0) is 31.0 Å². The molecule has 0 aliphatic carbocycles. The van der Waals surface area contributed by atoms with Gasteiger partial charge in [-0.1, -0.05) is 17.7 Å². The SMILES string of the molecule is Clc1ccc(CN[C@@H]2CCCNC2)cn1. The highest BCUT2D eigenvalue weighted by Crippen LogP contribution is 2.06. The molecule has 1 aromatic rings. The largest absolute Gasteiger partial charge is 0.315 e. The number of hydrogen-bond acceptors (Lipinski definition) is 3. The molecule has 0 radical (unpaired) electrons. The van der Waals surface area contributed by atoms with Gasteiger partial charge in [-0.25, -0.2) is 4.98 Å². The molecular formula is C11H16ClN3. The van der Waals surface area contributed by atoms with Gasteiger partial charge in [0.15, 0.2) is 0 Å². The van der Waals surface area contributed by atoms with Gasteiger partial charge in [-0.2, -0.15) is 0 Å². The molecule has 2 N–H and O–H groups in total. The van der Waals surface area contributed by atoms with Crippen molar-refractivity contribution in [3.8, 4) is 0 Å². The third-order valence-electron chi connectivity index (χ3n) is 2.68. The van der Waals surface area contributed by atoms with Crippen molar-refractivity contribution in [3.05, 3.63) is 29.0 Å². The maximum atomic E-state index is 5.72. The zero-order valence-corrected chi connectivity index (χ0v) is 9.43. The second kappa shape index (κ2) is 5.45. The maximum Gasteiger partial charge on any atom is 0.129 e. The lowest BCUT2D eigenvalue weighted by molar-refractivity contribution is 0.389. The van der Waals surface area contributed by atoms with Crippen LogP contribution >= 0.6 is 11.6 Å². The molecule has 2 heterocycles. The zero-order valence-electron chi connectivity index (χ0n) is 8.67. The van der Waals surface area contributed by atoms with Crippen LogP contribution in [0.1, 0.15) is 18.4 Å². The monoisotopic (exact) mass is 225 g/mol. The van der Waals surface area contributed by atoms with Gasteiger partial charge in [-0.15, -0.1) is 0 Å². The zero-order chi connectivity index (χ0) is 10.5. The van der Waals surface area contributed by atoms with E-state index in [0.29, 0.717) is 11.2 Å². The van der Waals surface area contributed by atoms with E-state index < -0.39 is 0 Å². The number of hydrogen-bond donors (Lipinski definition) is 2. The van der Waals surface area contributed by atoms with Gasteiger partial charge in [0.2, 0.25) is 0 Å². The van der Waals surface area contributed by atoms with Crippen LogP contribution in [0.5, 0.6) is 0 Å². The Morgan fingerprint density at radius 2 is 2.47 bits per heavy atom. The summed E-state index contributed by atoms with van der Waals surface area (Å²) in [5, 5.41) is 7.45. The van der Waals surface area contributed by atoms with Gasteiger partial charge >= 0.3 is 0 Å². The molecule has 3 nitrogen and oxygen atoms in total. The van der Waals surface area contributed by atoms with Crippen molar-refractivity contribution in [2.45, 2.75) is 25.4 Å². The van der Waals surface area contributed by atoms with Gasteiger partial charge in [0.25, 0.3) is 0 Å². The highest BCUT2D eigenvalue weighted by molar-refractivity contribution is 6.29. The van der Waals surface area contributed by atoms with Crippen LogP contribution in [0.25, 0.3) is 0 Å². The molecule has 1 fully saturated rings. The Balaban J connectivity index is 1.79. The first-order chi connectivity index (χ1) is 7.34. The molecule has 4 heteroatoms. The van der Waals surface area contributed by atoms with Crippen molar-refractivity contribution in [2.24, 2.45) is 0 Å². The molecule has 2 rings (SSSR count). The van der Waals surface area contributed by atoms with Crippen LogP contribution in [0, 0.1) is 0 Å². The van der Waals surface area contributed by atoms with Crippen LogP contribution in [0.4, 0.5) is 0 Å². The van der Waals surface area contributed by atoms with Crippen molar-refractivity contribution in [1.29, 1.82) is 0 Å². The summed E-state index contributed by atoms with van der Waals surface area (Å²) in [6, 6.07) is 4.44. The minimum Gasteiger partial charge on any atom is -0.315 e. The molecule has 1 aliphatic rings. The fourth-order valence-electron chi connectivity index (χ4n) is 1.80. The average Bonchev–Trinajstić information content (AvgIpc) is 2.30. The number of piperidine rings is 1. The van der Waals surface area contributed by atoms with E-state index >= 15 is 0 Å². The maximum absolute atomic E-state index is 5.72. The van der Waals surface area contributed by atoms with Gasteiger partial charge in [0.1, 0.15) is 5.15 Å². The Kier molecular flexibility index (Phi) is 3.94. The van der Waals surface area contributed by atoms with E-state index in [9.17, 15) is 0 Å². The summed E-state index contributed by atoms with van der Waals surface area (Å²) in [5.74, 6) is 0. The minimum absolute atomic E-state index is 0.554. The summed E-state index contributed by atoms with van der Waals surface area (Å²) in [7, 11) is 0. The van der Waals surface area contributed by atoms with Crippen molar-refractivity contribution >= 4 is 11.6 Å². The fourth-order valence-corrected chi connectivity index (χ4v) is 1.91. The summed E-state index contributed by atoms with van der Waals surface area (Å²) in [5.41, 5.74) is 1.19. The summed E-state index contributed by atoms with van der Waals surface area (Å²) in [4.78, 5) is 4.05. The topological polar surface area (TPSA) is 37.0 Å². The number of nitrogens with one attached hydrogen (secondary N) is 2. The Morgan fingerprint density at radius 1 is 1.53 bits per heavy atom. The van der Waals surface area contributed by atoms with Crippen molar-refractivity contribution < 1.29 is 0 Å². The molecule has 82 valence electrons. The number of nitrogens with zero attached hydrogens (tertiary/aromatic N) is 1. The Hall–Kier alpha value is -0.640. The highest BCUT2D eigenvalue weighted by atomic mass is 35.5. The lowest BCUT2D eigenvalue weighted by Crippen LogP contribution is -2.42. The first-order valence-corrected chi connectivity index (χ1v) is 5.77. The lowest BCUT2D eigenvalue weighted by atomic mass is 10.1. The normalized spacial score (nSPS) is 21.5. The molecule has 0 saturated carbocycles. The Bertz CT molecular complexity index is 293. The second-order valence-corrected chi connectivity index (χ2v) is 4.30. The van der Waals surface area contributed by atoms with E-state index in [1.807, 2.05) is 18.3 Å². The number of pyridine rings is 1. The van der Waals surface area contributed by atoms with Crippen LogP contribution in [0.3, 0.4) is 0 Å². The molecule has 0 bridgehead atoms. The van der Waals surface area contributed by atoms with Gasteiger partial charge < -0.3 is 10.6 Å². The molecule has 0 amide bonds. The van der Waals surface area contributed by atoms with Crippen LogP contribution in [-0.2, 0) is 6.54 Å². The standard InChI is InChI=1S/C11H16ClN3/c12-11-4-3-9(7-15-11)6-14-10-2-1-5-13-8-10/h3-4,7,10,13-14H,1-2,5-6,8H2/t10-/m1/s1. The Labute approximate surface area is 95.2 Å². The van der Waals surface area contributed by atoms with Gasteiger partial charge in [0.05, 0.1) is 0 Å². The van der Waals surface area contributed by atoms with E-state index in [2.05, 4.69) is 15.6 Å².